The molecule has 0 N–H and O–H groups in total. The van der Waals surface area contributed by atoms with Gasteiger partial charge in [0.25, 0.3) is 0 Å². The molecule has 46 heavy (non-hydrogen) atoms. The highest BCUT2D eigenvalue weighted by Crippen LogP contribution is 2.45. The predicted octanol–water partition coefficient (Wildman–Crippen LogP) is 13.1. The van der Waals surface area contributed by atoms with Crippen LogP contribution in [0.25, 0.3) is 58.8 Å². The minimum Gasteiger partial charge on any atom is -0.310 e. The Morgan fingerprint density at radius 3 is 1.96 bits per heavy atom. The van der Waals surface area contributed by atoms with Crippen LogP contribution in [0.5, 0.6) is 0 Å². The number of thiophene rings is 1. The molecule has 0 aliphatic carbocycles. The van der Waals surface area contributed by atoms with E-state index in [0.717, 1.165) is 27.2 Å². The Labute approximate surface area is 279 Å². The van der Waals surface area contributed by atoms with Crippen molar-refractivity contribution < 1.29 is 0 Å². The first-order valence-electron chi connectivity index (χ1n) is 15.4. The molecule has 2 nitrogen and oxygen atoms in total. The second-order valence-electron chi connectivity index (χ2n) is 11.5. The maximum Gasteiger partial charge on any atom is 0.0719 e. The summed E-state index contributed by atoms with van der Waals surface area (Å²) in [4.78, 5) is 2.35. The van der Waals surface area contributed by atoms with Crippen LogP contribution in [0.2, 0.25) is 0 Å². The number of benzene rings is 7. The van der Waals surface area contributed by atoms with Crippen LogP contribution in [-0.2, 0) is 0 Å². The third-order valence-electron chi connectivity index (χ3n) is 8.83. The van der Waals surface area contributed by atoms with Crippen LogP contribution < -0.4 is 4.90 Å². The summed E-state index contributed by atoms with van der Waals surface area (Å²) in [6.07, 6.45) is 0. The van der Waals surface area contributed by atoms with Gasteiger partial charge >= 0.3 is 0 Å². The Morgan fingerprint density at radius 2 is 1.15 bits per heavy atom. The van der Waals surface area contributed by atoms with E-state index in [9.17, 15) is 0 Å². The van der Waals surface area contributed by atoms with Crippen LogP contribution in [0.3, 0.4) is 0 Å². The van der Waals surface area contributed by atoms with Gasteiger partial charge in [0.05, 0.1) is 15.7 Å². The molecule has 7 aromatic carbocycles. The molecule has 9 aromatic rings. The summed E-state index contributed by atoms with van der Waals surface area (Å²) in [6, 6.07) is 59.1. The SMILES string of the molecule is Brc1cccc(-c2ccc(N(c3ccccc3)c3ccc4c5ccc6c7ccccc7sc6c5n(-c5ccccc5)c4c3)cc2)c1. The van der Waals surface area contributed by atoms with Crippen molar-refractivity contribution in [1.82, 2.24) is 4.57 Å². The largest absolute Gasteiger partial charge is 0.310 e. The Hall–Kier alpha value is -5.16. The topological polar surface area (TPSA) is 8.17 Å². The predicted molar refractivity (Wildman–Crippen MR) is 201 cm³/mol. The van der Waals surface area contributed by atoms with E-state index in [1.807, 2.05) is 11.3 Å². The quantitative estimate of drug-likeness (QED) is 0.177. The summed E-state index contributed by atoms with van der Waals surface area (Å²) in [5.74, 6) is 0. The van der Waals surface area contributed by atoms with Crippen molar-refractivity contribution in [3.8, 4) is 16.8 Å². The average Bonchev–Trinajstić information content (AvgIpc) is 3.65. The van der Waals surface area contributed by atoms with E-state index in [-0.39, 0.29) is 0 Å². The molecule has 0 aliphatic rings. The van der Waals surface area contributed by atoms with Gasteiger partial charge < -0.3 is 9.47 Å². The molecule has 9 rings (SSSR count). The van der Waals surface area contributed by atoms with E-state index in [0.29, 0.717) is 0 Å². The molecular formula is C42H27BrN2S. The van der Waals surface area contributed by atoms with Gasteiger partial charge in [0.15, 0.2) is 0 Å². The van der Waals surface area contributed by atoms with Crippen molar-refractivity contribution in [1.29, 1.82) is 0 Å². The van der Waals surface area contributed by atoms with Crippen LogP contribution >= 0.6 is 27.3 Å². The molecule has 0 aliphatic heterocycles. The molecule has 2 aromatic heterocycles. The van der Waals surface area contributed by atoms with Crippen molar-refractivity contribution in [2.24, 2.45) is 0 Å². The molecule has 0 saturated heterocycles. The molecule has 218 valence electrons. The van der Waals surface area contributed by atoms with E-state index in [1.54, 1.807) is 0 Å². The van der Waals surface area contributed by atoms with E-state index in [2.05, 4.69) is 189 Å². The fourth-order valence-corrected chi connectivity index (χ4v) is 8.39. The minimum atomic E-state index is 1.08. The second-order valence-corrected chi connectivity index (χ2v) is 13.5. The van der Waals surface area contributed by atoms with Crippen LogP contribution in [-0.4, -0.2) is 4.57 Å². The highest BCUT2D eigenvalue weighted by Gasteiger charge is 2.20. The van der Waals surface area contributed by atoms with Crippen molar-refractivity contribution in [3.63, 3.8) is 0 Å². The molecule has 0 bridgehead atoms. The lowest BCUT2D eigenvalue weighted by Crippen LogP contribution is -2.10. The van der Waals surface area contributed by atoms with Gasteiger partial charge in [-0.15, -0.1) is 11.3 Å². The molecular weight excluding hydrogens is 644 g/mol. The lowest BCUT2D eigenvalue weighted by atomic mass is 10.0. The average molecular weight is 672 g/mol. The number of para-hydroxylation sites is 2. The van der Waals surface area contributed by atoms with Crippen LogP contribution in [0.15, 0.2) is 168 Å². The van der Waals surface area contributed by atoms with Gasteiger partial charge in [-0.3, -0.25) is 0 Å². The molecule has 2 heterocycles. The first-order valence-corrected chi connectivity index (χ1v) is 17.0. The Bertz CT molecular complexity index is 2530. The molecule has 0 fully saturated rings. The van der Waals surface area contributed by atoms with Crippen molar-refractivity contribution in [2.75, 3.05) is 4.90 Å². The summed E-state index contributed by atoms with van der Waals surface area (Å²) in [5.41, 5.74) is 9.33. The van der Waals surface area contributed by atoms with E-state index < -0.39 is 0 Å². The molecule has 0 spiro atoms. The van der Waals surface area contributed by atoms with Gasteiger partial charge in [-0.05, 0) is 77.9 Å². The number of hydrogen-bond donors (Lipinski definition) is 0. The van der Waals surface area contributed by atoms with Crippen LogP contribution in [0.1, 0.15) is 0 Å². The summed E-state index contributed by atoms with van der Waals surface area (Å²) < 4.78 is 6.18. The third kappa shape index (κ3) is 4.45. The van der Waals surface area contributed by atoms with E-state index >= 15 is 0 Å². The number of halogens is 1. The fourth-order valence-electron chi connectivity index (χ4n) is 6.75. The fraction of sp³-hybridized carbons (Fsp3) is 0. The van der Waals surface area contributed by atoms with Gasteiger partial charge in [-0.2, -0.15) is 0 Å². The van der Waals surface area contributed by atoms with E-state index in [4.69, 9.17) is 0 Å². The molecule has 0 saturated carbocycles. The van der Waals surface area contributed by atoms with Gasteiger partial charge in [-0.1, -0.05) is 113 Å². The van der Waals surface area contributed by atoms with Crippen molar-refractivity contribution in [3.05, 3.63) is 168 Å². The van der Waals surface area contributed by atoms with Crippen molar-refractivity contribution >= 4 is 86.3 Å². The number of aromatic nitrogens is 1. The lowest BCUT2D eigenvalue weighted by molar-refractivity contribution is 1.18. The number of anilines is 3. The standard InChI is InChI=1S/C42H27BrN2S/c43-30-11-9-10-29(26-30)28-18-20-33(21-19-28)44(31-12-3-1-4-13-31)34-22-23-35-37-24-25-38-36-16-7-8-17-40(36)46-42(38)41(37)45(39(35)27-34)32-14-5-2-6-15-32/h1-27H. The van der Waals surface area contributed by atoms with Crippen LogP contribution in [0.4, 0.5) is 17.1 Å². The Balaban J connectivity index is 1.29. The molecule has 0 unspecified atom stereocenters. The normalized spacial score (nSPS) is 11.6. The highest BCUT2D eigenvalue weighted by atomic mass is 79.9. The number of rotatable bonds is 5. The summed E-state index contributed by atoms with van der Waals surface area (Å²) in [5, 5.41) is 5.15. The zero-order valence-electron chi connectivity index (χ0n) is 24.8. The first kappa shape index (κ1) is 27.2. The van der Waals surface area contributed by atoms with Gasteiger partial charge in [0.1, 0.15) is 0 Å². The van der Waals surface area contributed by atoms with Gasteiger partial charge in [0.2, 0.25) is 0 Å². The summed E-state index contributed by atoms with van der Waals surface area (Å²) in [7, 11) is 0. The number of hydrogen-bond acceptors (Lipinski definition) is 2. The lowest BCUT2D eigenvalue weighted by Gasteiger charge is -2.26. The minimum absolute atomic E-state index is 1.08. The van der Waals surface area contributed by atoms with Crippen LogP contribution in [0, 0.1) is 0 Å². The molecule has 0 atom stereocenters. The zero-order valence-corrected chi connectivity index (χ0v) is 27.2. The monoisotopic (exact) mass is 670 g/mol. The zero-order chi connectivity index (χ0) is 30.6. The molecule has 0 radical (unpaired) electrons. The Morgan fingerprint density at radius 1 is 0.478 bits per heavy atom. The first-order chi connectivity index (χ1) is 22.7. The third-order valence-corrected chi connectivity index (χ3v) is 10.5. The number of fused-ring (bicyclic) bond motifs is 7. The van der Waals surface area contributed by atoms with Gasteiger partial charge in [-0.25, -0.2) is 0 Å². The maximum absolute atomic E-state index is 3.63. The Kier molecular flexibility index (Phi) is 6.51. The second kappa shape index (κ2) is 11.0. The van der Waals surface area contributed by atoms with Crippen molar-refractivity contribution in [2.45, 2.75) is 0 Å². The summed E-state index contributed by atoms with van der Waals surface area (Å²) >= 11 is 5.51. The molecule has 0 amide bonds. The molecule has 4 heteroatoms. The van der Waals surface area contributed by atoms with E-state index in [1.165, 1.54) is 53.1 Å². The number of nitrogens with zero attached hydrogens (tertiary/aromatic N) is 2. The smallest absolute Gasteiger partial charge is 0.0719 e. The van der Waals surface area contributed by atoms with Gasteiger partial charge in [0, 0.05) is 53.5 Å². The summed E-state index contributed by atoms with van der Waals surface area (Å²) in [6.45, 7) is 0. The highest BCUT2D eigenvalue weighted by molar-refractivity contribution is 9.10. The maximum atomic E-state index is 3.63.